The van der Waals surface area contributed by atoms with Crippen molar-refractivity contribution in [1.29, 1.82) is 0 Å². The minimum absolute atomic E-state index is 0.755. The highest BCUT2D eigenvalue weighted by molar-refractivity contribution is 14.1. The summed E-state index contributed by atoms with van der Waals surface area (Å²) in [5.74, 6) is 1.71. The third-order valence-corrected chi connectivity index (χ3v) is 5.20. The van der Waals surface area contributed by atoms with E-state index in [4.69, 9.17) is 4.74 Å². The van der Waals surface area contributed by atoms with Gasteiger partial charge in [0.2, 0.25) is 0 Å². The first-order chi connectivity index (χ1) is 9.24. The molecule has 0 amide bonds. The Hall–Kier alpha value is -0.770. The van der Waals surface area contributed by atoms with Crippen molar-refractivity contribution in [2.45, 2.75) is 38.5 Å². The van der Waals surface area contributed by atoms with Crippen molar-refractivity contribution >= 4 is 33.4 Å². The van der Waals surface area contributed by atoms with Gasteiger partial charge < -0.3 is 4.74 Å². The second kappa shape index (κ2) is 5.31. The van der Waals surface area contributed by atoms with Gasteiger partial charge in [-0.2, -0.15) is 0 Å². The van der Waals surface area contributed by atoms with E-state index in [1.165, 1.54) is 40.0 Å². The van der Waals surface area contributed by atoms with Gasteiger partial charge in [0, 0.05) is 3.57 Å². The van der Waals surface area contributed by atoms with Crippen molar-refractivity contribution in [3.63, 3.8) is 0 Å². The Morgan fingerprint density at radius 3 is 2.89 bits per heavy atom. The fourth-order valence-corrected chi connectivity index (χ4v) is 4.26. The van der Waals surface area contributed by atoms with E-state index < -0.39 is 0 Å². The van der Waals surface area contributed by atoms with E-state index in [9.17, 15) is 0 Å². The molecule has 1 atom stereocenters. The predicted octanol–water partition coefficient (Wildman–Crippen LogP) is 5.28. The maximum Gasteiger partial charge on any atom is 0.119 e. The number of fused-ring (bicyclic) bond motifs is 3. The summed E-state index contributed by atoms with van der Waals surface area (Å²) in [4.78, 5) is 0. The summed E-state index contributed by atoms with van der Waals surface area (Å²) < 4.78 is 6.78. The maximum atomic E-state index is 5.35. The lowest BCUT2D eigenvalue weighted by Crippen LogP contribution is -1.96. The number of halogens is 1. The maximum absolute atomic E-state index is 5.35. The fraction of sp³-hybridized carbons (Fsp3) is 0.412. The van der Waals surface area contributed by atoms with Gasteiger partial charge in [0.1, 0.15) is 5.75 Å². The standard InChI is InChI=1S/C17H19IO/c1-3-4-11-5-7-15-16(18)10-12-9-13(19-2)6-8-14(12)17(11)15/h6,8-11H,3-5,7H2,1-2H3. The second-order valence-corrected chi connectivity index (χ2v) is 6.52. The molecule has 1 nitrogen and oxygen atoms in total. The molecule has 2 aromatic rings. The summed E-state index contributed by atoms with van der Waals surface area (Å²) in [7, 11) is 1.74. The Morgan fingerprint density at radius 2 is 2.16 bits per heavy atom. The number of hydrogen-bond donors (Lipinski definition) is 0. The van der Waals surface area contributed by atoms with Crippen LogP contribution < -0.4 is 4.74 Å². The minimum Gasteiger partial charge on any atom is -0.497 e. The normalized spacial score (nSPS) is 17.7. The zero-order chi connectivity index (χ0) is 13.4. The molecule has 0 aliphatic heterocycles. The average Bonchev–Trinajstić information content (AvgIpc) is 2.83. The molecule has 19 heavy (non-hydrogen) atoms. The van der Waals surface area contributed by atoms with Gasteiger partial charge in [-0.05, 0) is 87.9 Å². The molecule has 2 heteroatoms. The average molecular weight is 366 g/mol. The molecule has 0 heterocycles. The van der Waals surface area contributed by atoms with Crippen LogP contribution in [-0.2, 0) is 6.42 Å². The van der Waals surface area contributed by atoms with Crippen LogP contribution in [0.2, 0.25) is 0 Å². The Bertz CT molecular complexity index is 618. The van der Waals surface area contributed by atoms with Crippen LogP contribution in [0.1, 0.15) is 43.2 Å². The van der Waals surface area contributed by atoms with Crippen LogP contribution in [0.3, 0.4) is 0 Å². The highest BCUT2D eigenvalue weighted by atomic mass is 127. The molecular weight excluding hydrogens is 347 g/mol. The summed E-state index contributed by atoms with van der Waals surface area (Å²) in [6.07, 6.45) is 5.16. The molecule has 2 aromatic carbocycles. The first kappa shape index (κ1) is 13.2. The molecule has 1 aliphatic rings. The van der Waals surface area contributed by atoms with Gasteiger partial charge in [-0.25, -0.2) is 0 Å². The van der Waals surface area contributed by atoms with Crippen molar-refractivity contribution in [2.75, 3.05) is 7.11 Å². The van der Waals surface area contributed by atoms with Crippen LogP contribution in [0.15, 0.2) is 24.3 Å². The Kier molecular flexibility index (Phi) is 3.70. The third-order valence-electron chi connectivity index (χ3n) is 4.23. The monoisotopic (exact) mass is 366 g/mol. The van der Waals surface area contributed by atoms with Crippen LogP contribution in [0, 0.1) is 3.57 Å². The summed E-state index contributed by atoms with van der Waals surface area (Å²) in [5.41, 5.74) is 3.21. The zero-order valence-electron chi connectivity index (χ0n) is 11.5. The molecule has 0 radical (unpaired) electrons. The Balaban J connectivity index is 2.23. The zero-order valence-corrected chi connectivity index (χ0v) is 13.7. The van der Waals surface area contributed by atoms with E-state index in [0.717, 1.165) is 11.7 Å². The summed E-state index contributed by atoms with van der Waals surface area (Å²) in [6.45, 7) is 2.29. The molecule has 0 saturated heterocycles. The highest BCUT2D eigenvalue weighted by Crippen LogP contribution is 2.43. The molecule has 0 saturated carbocycles. The molecule has 3 rings (SSSR count). The molecule has 1 aliphatic carbocycles. The number of rotatable bonds is 3. The van der Waals surface area contributed by atoms with Gasteiger partial charge in [0.05, 0.1) is 7.11 Å². The van der Waals surface area contributed by atoms with Gasteiger partial charge in [-0.3, -0.25) is 0 Å². The van der Waals surface area contributed by atoms with Crippen LogP contribution in [0.4, 0.5) is 0 Å². The summed E-state index contributed by atoms with van der Waals surface area (Å²) in [5, 5.41) is 2.76. The number of methoxy groups -OCH3 is 1. The van der Waals surface area contributed by atoms with Gasteiger partial charge in [0.15, 0.2) is 0 Å². The smallest absolute Gasteiger partial charge is 0.119 e. The van der Waals surface area contributed by atoms with Crippen molar-refractivity contribution in [3.05, 3.63) is 39.0 Å². The van der Waals surface area contributed by atoms with Crippen molar-refractivity contribution in [1.82, 2.24) is 0 Å². The fourth-order valence-electron chi connectivity index (χ4n) is 3.37. The first-order valence-electron chi connectivity index (χ1n) is 7.03. The highest BCUT2D eigenvalue weighted by Gasteiger charge is 2.26. The van der Waals surface area contributed by atoms with Crippen LogP contribution in [0.25, 0.3) is 10.8 Å². The number of hydrogen-bond acceptors (Lipinski definition) is 1. The SMILES string of the molecule is CCCC1CCc2c(I)cc3cc(OC)ccc3c21. The van der Waals surface area contributed by atoms with E-state index >= 15 is 0 Å². The van der Waals surface area contributed by atoms with Crippen LogP contribution in [-0.4, -0.2) is 7.11 Å². The summed E-state index contributed by atoms with van der Waals surface area (Å²) >= 11 is 2.50. The quantitative estimate of drug-likeness (QED) is 0.672. The van der Waals surface area contributed by atoms with E-state index in [0.29, 0.717) is 0 Å². The van der Waals surface area contributed by atoms with Crippen molar-refractivity contribution in [3.8, 4) is 5.75 Å². The van der Waals surface area contributed by atoms with Crippen LogP contribution in [0.5, 0.6) is 5.75 Å². The molecule has 0 N–H and O–H groups in total. The van der Waals surface area contributed by atoms with E-state index in [1.807, 2.05) is 0 Å². The van der Waals surface area contributed by atoms with Gasteiger partial charge in [-0.15, -0.1) is 0 Å². The minimum atomic E-state index is 0.755. The third kappa shape index (κ3) is 2.24. The topological polar surface area (TPSA) is 9.23 Å². The molecule has 1 unspecified atom stereocenters. The van der Waals surface area contributed by atoms with E-state index in [2.05, 4.69) is 53.8 Å². The Labute approximate surface area is 128 Å². The lowest BCUT2D eigenvalue weighted by Gasteiger charge is -2.15. The van der Waals surface area contributed by atoms with Crippen LogP contribution >= 0.6 is 22.6 Å². The second-order valence-electron chi connectivity index (χ2n) is 5.36. The van der Waals surface area contributed by atoms with Crippen molar-refractivity contribution < 1.29 is 4.74 Å². The molecule has 0 bridgehead atoms. The van der Waals surface area contributed by atoms with Gasteiger partial charge >= 0.3 is 0 Å². The van der Waals surface area contributed by atoms with Crippen molar-refractivity contribution in [2.24, 2.45) is 0 Å². The molecule has 0 fully saturated rings. The number of benzene rings is 2. The van der Waals surface area contributed by atoms with E-state index in [1.54, 1.807) is 18.2 Å². The number of ether oxygens (including phenoxy) is 1. The molecule has 100 valence electrons. The van der Waals surface area contributed by atoms with Gasteiger partial charge in [0.25, 0.3) is 0 Å². The summed E-state index contributed by atoms with van der Waals surface area (Å²) in [6, 6.07) is 8.82. The largest absolute Gasteiger partial charge is 0.497 e. The molecular formula is C17H19IO. The first-order valence-corrected chi connectivity index (χ1v) is 8.11. The van der Waals surface area contributed by atoms with E-state index in [-0.39, 0.29) is 0 Å². The lowest BCUT2D eigenvalue weighted by molar-refractivity contribution is 0.415. The molecule has 0 aromatic heterocycles. The Morgan fingerprint density at radius 1 is 1.32 bits per heavy atom. The molecule has 0 spiro atoms. The lowest BCUT2D eigenvalue weighted by atomic mass is 9.92. The van der Waals surface area contributed by atoms with Gasteiger partial charge in [-0.1, -0.05) is 19.4 Å². The predicted molar refractivity (Wildman–Crippen MR) is 89.2 cm³/mol.